The Hall–Kier alpha value is -2.96. The minimum absolute atomic E-state index is 0.133. The number of carbonyl (C=O) groups excluding carboxylic acids is 4. The molecule has 7 heteroatoms. The number of allylic oxidation sites excluding steroid dienone is 3. The van der Waals surface area contributed by atoms with Crippen molar-refractivity contribution in [1.82, 2.24) is 0 Å². The summed E-state index contributed by atoms with van der Waals surface area (Å²) >= 11 is 0. The third-order valence-corrected chi connectivity index (χ3v) is 6.83. The van der Waals surface area contributed by atoms with Crippen LogP contribution in [0.1, 0.15) is 54.9 Å². The van der Waals surface area contributed by atoms with Gasteiger partial charge in [-0.3, -0.25) is 4.79 Å². The third kappa shape index (κ3) is 3.74. The molecule has 0 N–H and O–H groups in total. The molecule has 3 rings (SSSR count). The highest BCUT2D eigenvalue weighted by Gasteiger charge is 2.65. The molecule has 0 saturated carbocycles. The predicted octanol–water partition coefficient (Wildman–Crippen LogP) is 3.54. The van der Waals surface area contributed by atoms with E-state index in [9.17, 15) is 19.2 Å². The van der Waals surface area contributed by atoms with Crippen molar-refractivity contribution < 1.29 is 33.4 Å². The second-order valence-corrected chi connectivity index (χ2v) is 8.91. The number of hydrogen-bond acceptors (Lipinski definition) is 7. The summed E-state index contributed by atoms with van der Waals surface area (Å²) in [7, 11) is 0. The van der Waals surface area contributed by atoms with Crippen LogP contribution >= 0.6 is 0 Å². The Balaban J connectivity index is 2.12. The zero-order valence-corrected chi connectivity index (χ0v) is 19.6. The predicted molar refractivity (Wildman–Crippen MR) is 116 cm³/mol. The van der Waals surface area contributed by atoms with Crippen molar-refractivity contribution in [3.8, 4) is 0 Å². The summed E-state index contributed by atoms with van der Waals surface area (Å²) in [6, 6.07) is 0. The molecule has 0 aromatic rings. The molecular weight excluding hydrogens is 412 g/mol. The lowest BCUT2D eigenvalue weighted by molar-refractivity contribution is -0.175. The van der Waals surface area contributed by atoms with E-state index >= 15 is 0 Å². The Kier molecular flexibility index (Phi) is 6.31. The van der Waals surface area contributed by atoms with Crippen LogP contribution in [0, 0.1) is 11.8 Å². The molecule has 0 aromatic heterocycles. The molecule has 3 aliphatic rings. The van der Waals surface area contributed by atoms with Crippen molar-refractivity contribution in [3.05, 3.63) is 46.1 Å². The molecule has 1 fully saturated rings. The molecule has 7 nitrogen and oxygen atoms in total. The van der Waals surface area contributed by atoms with E-state index in [0.29, 0.717) is 16.7 Å². The topological polar surface area (TPSA) is 96.0 Å². The first kappa shape index (κ1) is 23.7. The van der Waals surface area contributed by atoms with Gasteiger partial charge in [0.1, 0.15) is 12.2 Å². The van der Waals surface area contributed by atoms with Crippen LogP contribution in [0.5, 0.6) is 0 Å². The van der Waals surface area contributed by atoms with E-state index in [2.05, 4.69) is 0 Å². The van der Waals surface area contributed by atoms with Crippen LogP contribution < -0.4 is 0 Å². The number of fused-ring (bicyclic) bond motifs is 3. The quantitative estimate of drug-likeness (QED) is 0.373. The van der Waals surface area contributed by atoms with Gasteiger partial charge in [-0.2, -0.15) is 0 Å². The number of esters is 3. The fourth-order valence-electron chi connectivity index (χ4n) is 4.76. The summed E-state index contributed by atoms with van der Waals surface area (Å²) in [4.78, 5) is 51.1. The molecule has 0 aromatic carbocycles. The summed E-state index contributed by atoms with van der Waals surface area (Å²) in [5, 5.41) is 0. The van der Waals surface area contributed by atoms with Crippen LogP contribution in [-0.2, 0) is 33.4 Å². The van der Waals surface area contributed by atoms with E-state index in [1.54, 1.807) is 45.9 Å². The lowest BCUT2D eigenvalue weighted by Gasteiger charge is -2.34. The maximum atomic E-state index is 13.1. The van der Waals surface area contributed by atoms with Crippen LogP contribution in [-0.4, -0.2) is 41.5 Å². The molecule has 1 saturated heterocycles. The van der Waals surface area contributed by atoms with Crippen LogP contribution in [0.15, 0.2) is 46.1 Å². The number of carbonyl (C=O) groups is 4. The van der Waals surface area contributed by atoms with Crippen LogP contribution in [0.25, 0.3) is 0 Å². The van der Waals surface area contributed by atoms with Crippen LogP contribution in [0.2, 0.25) is 0 Å². The highest BCUT2D eigenvalue weighted by atomic mass is 16.6. The van der Waals surface area contributed by atoms with Gasteiger partial charge in [-0.05, 0) is 54.5 Å². The van der Waals surface area contributed by atoms with Gasteiger partial charge < -0.3 is 14.2 Å². The van der Waals surface area contributed by atoms with Gasteiger partial charge in [-0.1, -0.05) is 23.3 Å². The number of ketones is 1. The van der Waals surface area contributed by atoms with Crippen molar-refractivity contribution in [2.24, 2.45) is 11.8 Å². The smallest absolute Gasteiger partial charge is 0.351 e. The lowest BCUT2D eigenvalue weighted by atomic mass is 9.77. The molecule has 172 valence electrons. The standard InChI is InChI=1S/C25H30O7/c1-8-12(3)22(27)30-17-11-15(6)18-16(26)10-14(5)19(18)21-20(17)25(7,24(29)31-21)32-23(28)13(4)9-2/h8-10,17,19-21H,11H2,1-7H3/t17-,19+,20?,21?,25-/m0/s1. The molecular formula is C25H30O7. The van der Waals surface area contributed by atoms with Crippen molar-refractivity contribution in [2.75, 3.05) is 0 Å². The molecule has 0 radical (unpaired) electrons. The Bertz CT molecular complexity index is 1010. The summed E-state index contributed by atoms with van der Waals surface area (Å²) in [5.41, 5.74) is 1.18. The first-order valence-electron chi connectivity index (χ1n) is 10.8. The molecule has 2 aliphatic carbocycles. The van der Waals surface area contributed by atoms with Crippen LogP contribution in [0.3, 0.4) is 0 Å². The highest BCUT2D eigenvalue weighted by Crippen LogP contribution is 2.51. The number of hydrogen-bond donors (Lipinski definition) is 0. The zero-order chi connectivity index (χ0) is 24.0. The maximum absolute atomic E-state index is 13.1. The van der Waals surface area contributed by atoms with Gasteiger partial charge in [0.2, 0.25) is 5.60 Å². The van der Waals surface area contributed by atoms with E-state index in [0.717, 1.165) is 11.1 Å². The molecule has 2 unspecified atom stereocenters. The van der Waals surface area contributed by atoms with Crippen molar-refractivity contribution in [2.45, 2.75) is 72.7 Å². The summed E-state index contributed by atoms with van der Waals surface area (Å²) in [6.45, 7) is 11.8. The van der Waals surface area contributed by atoms with Crippen molar-refractivity contribution in [1.29, 1.82) is 0 Å². The van der Waals surface area contributed by atoms with Gasteiger partial charge in [0.25, 0.3) is 0 Å². The Morgan fingerprint density at radius 2 is 1.69 bits per heavy atom. The first-order valence-corrected chi connectivity index (χ1v) is 10.8. The lowest BCUT2D eigenvalue weighted by Crippen LogP contribution is -2.50. The van der Waals surface area contributed by atoms with Gasteiger partial charge in [-0.15, -0.1) is 0 Å². The van der Waals surface area contributed by atoms with Gasteiger partial charge in [0.15, 0.2) is 5.78 Å². The van der Waals surface area contributed by atoms with E-state index in [4.69, 9.17) is 14.2 Å². The Morgan fingerprint density at radius 1 is 1.09 bits per heavy atom. The third-order valence-electron chi connectivity index (χ3n) is 6.83. The zero-order valence-electron chi connectivity index (χ0n) is 19.6. The van der Waals surface area contributed by atoms with E-state index in [1.807, 2.05) is 13.8 Å². The average Bonchev–Trinajstić information content (AvgIpc) is 3.12. The van der Waals surface area contributed by atoms with E-state index < -0.39 is 47.6 Å². The fourth-order valence-corrected chi connectivity index (χ4v) is 4.76. The number of rotatable bonds is 4. The molecule has 0 spiro atoms. The van der Waals surface area contributed by atoms with Gasteiger partial charge in [0, 0.05) is 29.1 Å². The second-order valence-electron chi connectivity index (χ2n) is 8.91. The summed E-state index contributed by atoms with van der Waals surface area (Å²) in [5.74, 6) is -3.27. The number of ether oxygens (including phenoxy) is 3. The average molecular weight is 443 g/mol. The van der Waals surface area contributed by atoms with E-state index in [-0.39, 0.29) is 12.2 Å². The molecule has 0 bridgehead atoms. The maximum Gasteiger partial charge on any atom is 0.351 e. The monoisotopic (exact) mass is 442 g/mol. The molecule has 1 aliphatic heterocycles. The molecule has 5 atom stereocenters. The summed E-state index contributed by atoms with van der Waals surface area (Å²) < 4.78 is 17.4. The van der Waals surface area contributed by atoms with Crippen LogP contribution in [0.4, 0.5) is 0 Å². The minimum Gasteiger partial charge on any atom is -0.458 e. The second kappa shape index (κ2) is 8.52. The molecule has 0 amide bonds. The first-order chi connectivity index (χ1) is 15.0. The van der Waals surface area contributed by atoms with Crippen molar-refractivity contribution >= 4 is 23.7 Å². The normalized spacial score (nSPS) is 32.7. The molecule has 1 heterocycles. The van der Waals surface area contributed by atoms with Gasteiger partial charge in [0.05, 0.1) is 5.92 Å². The van der Waals surface area contributed by atoms with Crippen molar-refractivity contribution in [3.63, 3.8) is 0 Å². The molecule has 32 heavy (non-hydrogen) atoms. The minimum atomic E-state index is -1.68. The largest absolute Gasteiger partial charge is 0.458 e. The summed E-state index contributed by atoms with van der Waals surface area (Å²) in [6.07, 6.45) is 3.39. The Labute approximate surface area is 188 Å². The van der Waals surface area contributed by atoms with Gasteiger partial charge >= 0.3 is 17.9 Å². The van der Waals surface area contributed by atoms with Gasteiger partial charge in [-0.25, -0.2) is 14.4 Å². The fraction of sp³-hybridized carbons (Fsp3) is 0.520. The SMILES string of the molecule is CC=C(C)C(=O)O[C@H]1CC(C)=C2C(=O)C=C(C)[C@H]2C2OC(=O)[C@@](C)(OC(=O)C(C)=CC)C21. The highest BCUT2D eigenvalue weighted by molar-refractivity contribution is 6.09. The Morgan fingerprint density at radius 3 is 2.28 bits per heavy atom. The van der Waals surface area contributed by atoms with E-state index in [1.165, 1.54) is 6.92 Å².